The fourth-order valence-electron chi connectivity index (χ4n) is 2.07. The van der Waals surface area contributed by atoms with Crippen LogP contribution in [0.1, 0.15) is 33.1 Å². The Hall–Kier alpha value is -0.0400. The van der Waals surface area contributed by atoms with Gasteiger partial charge in [0.25, 0.3) is 0 Å². The minimum absolute atomic E-state index is 0.813. The van der Waals surface area contributed by atoms with E-state index in [2.05, 4.69) is 25.7 Å². The molecule has 1 rings (SSSR count). The van der Waals surface area contributed by atoms with Crippen molar-refractivity contribution in [3.63, 3.8) is 0 Å². The maximum Gasteiger partial charge on any atom is 0.000978 e. The average molecular weight is 168 g/mol. The number of piperidine rings is 1. The zero-order valence-corrected chi connectivity index (χ0v) is 8.55. The lowest BCUT2D eigenvalue weighted by Crippen LogP contribution is -2.37. The highest BCUT2D eigenvalue weighted by atomic mass is 15.1. The molecule has 1 fully saturated rings. The van der Waals surface area contributed by atoms with Crippen LogP contribution in [0.5, 0.6) is 0 Å². The zero-order valence-electron chi connectivity index (χ0n) is 8.55. The molecule has 1 atom stereocenters. The van der Waals surface area contributed by atoms with E-state index in [9.17, 15) is 0 Å². The fraction of sp³-hybridized carbons (Fsp3) is 0.909. The van der Waals surface area contributed by atoms with Gasteiger partial charge < -0.3 is 4.90 Å². The Bertz CT molecular complexity index is 120. The van der Waals surface area contributed by atoms with E-state index < -0.39 is 0 Å². The van der Waals surface area contributed by atoms with Crippen LogP contribution in [0, 0.1) is 18.8 Å². The first-order chi connectivity index (χ1) is 5.72. The van der Waals surface area contributed by atoms with Crippen LogP contribution in [0.3, 0.4) is 0 Å². The predicted octanol–water partition coefficient (Wildman–Crippen LogP) is 2.58. The van der Waals surface area contributed by atoms with Gasteiger partial charge in [-0.05, 0) is 37.6 Å². The first-order valence-electron chi connectivity index (χ1n) is 5.24. The molecule has 1 unspecified atom stereocenters. The van der Waals surface area contributed by atoms with Gasteiger partial charge in [0.15, 0.2) is 0 Å². The molecular formula is C11H22N. The summed E-state index contributed by atoms with van der Waals surface area (Å²) in [6, 6.07) is 0. The Morgan fingerprint density at radius 1 is 1.50 bits per heavy atom. The molecular weight excluding hydrogens is 146 g/mol. The van der Waals surface area contributed by atoms with Gasteiger partial charge in [0.05, 0.1) is 0 Å². The molecule has 0 bridgehead atoms. The lowest BCUT2D eigenvalue weighted by Gasteiger charge is -2.33. The summed E-state index contributed by atoms with van der Waals surface area (Å²) in [5.74, 6) is 1.69. The van der Waals surface area contributed by atoms with Gasteiger partial charge in [0.2, 0.25) is 0 Å². The second-order valence-electron chi connectivity index (χ2n) is 4.45. The van der Waals surface area contributed by atoms with Gasteiger partial charge in [-0.25, -0.2) is 0 Å². The Morgan fingerprint density at radius 3 is 2.83 bits per heavy atom. The molecule has 1 nitrogen and oxygen atoms in total. The molecule has 1 radical (unpaired) electrons. The van der Waals surface area contributed by atoms with Crippen LogP contribution in [0.2, 0.25) is 0 Å². The van der Waals surface area contributed by atoms with E-state index in [-0.39, 0.29) is 0 Å². The van der Waals surface area contributed by atoms with Gasteiger partial charge in [-0.3, -0.25) is 0 Å². The Kier molecular flexibility index (Phi) is 4.07. The molecule has 0 N–H and O–H groups in total. The van der Waals surface area contributed by atoms with Crippen molar-refractivity contribution in [2.75, 3.05) is 19.6 Å². The highest BCUT2D eigenvalue weighted by Gasteiger charge is 2.18. The topological polar surface area (TPSA) is 3.24 Å². The molecule has 0 spiro atoms. The monoisotopic (exact) mass is 168 g/mol. The summed E-state index contributed by atoms with van der Waals surface area (Å²) in [5.41, 5.74) is 0. The second-order valence-corrected chi connectivity index (χ2v) is 4.45. The smallest absolute Gasteiger partial charge is 0.000978 e. The quantitative estimate of drug-likeness (QED) is 0.626. The zero-order chi connectivity index (χ0) is 8.97. The number of hydrogen-bond donors (Lipinski definition) is 0. The molecule has 0 amide bonds. The van der Waals surface area contributed by atoms with Crippen LogP contribution in [-0.2, 0) is 0 Å². The lowest BCUT2D eigenvalue weighted by molar-refractivity contribution is 0.159. The summed E-state index contributed by atoms with van der Waals surface area (Å²) < 4.78 is 0. The Labute approximate surface area is 77.1 Å². The van der Waals surface area contributed by atoms with Crippen LogP contribution in [0.15, 0.2) is 0 Å². The van der Waals surface area contributed by atoms with Crippen LogP contribution in [0.4, 0.5) is 0 Å². The molecule has 12 heavy (non-hydrogen) atoms. The standard InChI is InChI=1S/C11H22N/c1-4-11-6-5-7-12(9-11)8-10(2)3/h10-11H,1,4-9H2,2-3H3. The maximum absolute atomic E-state index is 4.00. The summed E-state index contributed by atoms with van der Waals surface area (Å²) >= 11 is 0. The third kappa shape index (κ3) is 3.14. The van der Waals surface area contributed by atoms with E-state index in [1.807, 2.05) is 0 Å². The van der Waals surface area contributed by atoms with E-state index in [1.54, 1.807) is 0 Å². The molecule has 1 saturated heterocycles. The van der Waals surface area contributed by atoms with Gasteiger partial charge in [-0.2, -0.15) is 0 Å². The van der Waals surface area contributed by atoms with E-state index in [1.165, 1.54) is 32.5 Å². The van der Waals surface area contributed by atoms with Crippen LogP contribution in [-0.4, -0.2) is 24.5 Å². The molecule has 71 valence electrons. The summed E-state index contributed by atoms with van der Waals surface area (Å²) in [7, 11) is 0. The lowest BCUT2D eigenvalue weighted by atomic mass is 9.95. The first kappa shape index (κ1) is 10.0. The van der Waals surface area contributed by atoms with Crippen molar-refractivity contribution in [2.24, 2.45) is 11.8 Å². The Balaban J connectivity index is 2.25. The van der Waals surface area contributed by atoms with Crippen molar-refractivity contribution in [1.29, 1.82) is 0 Å². The fourth-order valence-corrected chi connectivity index (χ4v) is 2.07. The summed E-state index contributed by atoms with van der Waals surface area (Å²) in [5, 5.41) is 0. The first-order valence-corrected chi connectivity index (χ1v) is 5.24. The van der Waals surface area contributed by atoms with E-state index in [4.69, 9.17) is 0 Å². The minimum Gasteiger partial charge on any atom is -0.303 e. The summed E-state index contributed by atoms with van der Waals surface area (Å²) in [6.45, 7) is 12.5. The molecule has 0 saturated carbocycles. The molecule has 1 aliphatic heterocycles. The van der Waals surface area contributed by atoms with Crippen molar-refractivity contribution in [3.05, 3.63) is 6.92 Å². The molecule has 1 aliphatic rings. The SMILES string of the molecule is [CH2]CC1CCCN(CC(C)C)C1. The van der Waals surface area contributed by atoms with Gasteiger partial charge in [-0.15, -0.1) is 0 Å². The van der Waals surface area contributed by atoms with Crippen molar-refractivity contribution in [3.8, 4) is 0 Å². The second kappa shape index (κ2) is 4.86. The van der Waals surface area contributed by atoms with Crippen molar-refractivity contribution < 1.29 is 0 Å². The van der Waals surface area contributed by atoms with Crippen molar-refractivity contribution in [1.82, 2.24) is 4.90 Å². The third-order valence-corrected chi connectivity index (χ3v) is 2.63. The van der Waals surface area contributed by atoms with Gasteiger partial charge in [0.1, 0.15) is 0 Å². The molecule has 0 aromatic heterocycles. The summed E-state index contributed by atoms with van der Waals surface area (Å²) in [4.78, 5) is 2.60. The van der Waals surface area contributed by atoms with Crippen LogP contribution >= 0.6 is 0 Å². The predicted molar refractivity (Wildman–Crippen MR) is 54.0 cm³/mol. The van der Waals surface area contributed by atoms with E-state index >= 15 is 0 Å². The molecule has 0 aromatic rings. The minimum atomic E-state index is 0.813. The molecule has 0 aliphatic carbocycles. The largest absolute Gasteiger partial charge is 0.303 e. The van der Waals surface area contributed by atoms with Gasteiger partial charge in [-0.1, -0.05) is 20.8 Å². The van der Waals surface area contributed by atoms with Gasteiger partial charge in [0, 0.05) is 13.1 Å². The number of nitrogens with zero attached hydrogens (tertiary/aromatic N) is 1. The number of likely N-dealkylation sites (tertiary alicyclic amines) is 1. The van der Waals surface area contributed by atoms with E-state index in [0.717, 1.165) is 18.3 Å². The molecule has 0 aromatic carbocycles. The van der Waals surface area contributed by atoms with Crippen molar-refractivity contribution >= 4 is 0 Å². The van der Waals surface area contributed by atoms with Gasteiger partial charge >= 0.3 is 0 Å². The highest BCUT2D eigenvalue weighted by molar-refractivity contribution is 4.73. The number of hydrogen-bond acceptors (Lipinski definition) is 1. The normalized spacial score (nSPS) is 26.5. The Morgan fingerprint density at radius 2 is 2.25 bits per heavy atom. The average Bonchev–Trinajstić information content (AvgIpc) is 2.03. The molecule has 1 heteroatoms. The van der Waals surface area contributed by atoms with Crippen LogP contribution in [0.25, 0.3) is 0 Å². The summed E-state index contributed by atoms with van der Waals surface area (Å²) in [6.07, 6.45) is 3.90. The third-order valence-electron chi connectivity index (χ3n) is 2.63. The van der Waals surface area contributed by atoms with Crippen LogP contribution < -0.4 is 0 Å². The number of rotatable bonds is 3. The molecule has 1 heterocycles. The maximum atomic E-state index is 4.00. The van der Waals surface area contributed by atoms with E-state index in [0.29, 0.717) is 0 Å². The van der Waals surface area contributed by atoms with Crippen molar-refractivity contribution in [2.45, 2.75) is 33.1 Å². The highest BCUT2D eigenvalue weighted by Crippen LogP contribution is 2.19.